The van der Waals surface area contributed by atoms with Crippen molar-refractivity contribution < 1.29 is 4.79 Å². The summed E-state index contributed by atoms with van der Waals surface area (Å²) in [7, 11) is 0. The molecule has 3 rings (SSSR count). The maximum Gasteiger partial charge on any atom is 0.321 e. The first-order chi connectivity index (χ1) is 11.1. The Morgan fingerprint density at radius 2 is 1.96 bits per heavy atom. The fourth-order valence-electron chi connectivity index (χ4n) is 4.02. The van der Waals surface area contributed by atoms with Crippen LogP contribution < -0.4 is 5.32 Å². The number of urea groups is 1. The quantitative estimate of drug-likeness (QED) is 0.865. The van der Waals surface area contributed by atoms with Crippen molar-refractivity contribution in [3.05, 3.63) is 42.5 Å². The van der Waals surface area contributed by atoms with Gasteiger partial charge in [-0.3, -0.25) is 4.90 Å². The van der Waals surface area contributed by atoms with Gasteiger partial charge < -0.3 is 10.2 Å². The number of rotatable bonds is 3. The van der Waals surface area contributed by atoms with Gasteiger partial charge in [0.2, 0.25) is 0 Å². The van der Waals surface area contributed by atoms with Crippen molar-refractivity contribution in [1.82, 2.24) is 9.80 Å². The lowest BCUT2D eigenvalue weighted by Gasteiger charge is -2.45. The Hall–Kier alpha value is -1.81. The van der Waals surface area contributed by atoms with Gasteiger partial charge in [0.05, 0.1) is 0 Å². The third-order valence-corrected chi connectivity index (χ3v) is 5.24. The van der Waals surface area contributed by atoms with Crippen molar-refractivity contribution in [3.63, 3.8) is 0 Å². The zero-order valence-electron chi connectivity index (χ0n) is 14.1. The molecule has 0 bridgehead atoms. The Bertz CT molecular complexity index is 568. The van der Waals surface area contributed by atoms with Crippen LogP contribution in [0.5, 0.6) is 0 Å². The first-order valence-corrected chi connectivity index (χ1v) is 8.61. The summed E-state index contributed by atoms with van der Waals surface area (Å²) in [6, 6.07) is 8.00. The second kappa shape index (κ2) is 6.75. The van der Waals surface area contributed by atoms with E-state index in [0.29, 0.717) is 0 Å². The summed E-state index contributed by atoms with van der Waals surface area (Å²) in [6.45, 7) is 9.66. The predicted octanol–water partition coefficient (Wildman–Crippen LogP) is 3.64. The average Bonchev–Trinajstić information content (AvgIpc) is 2.92. The summed E-state index contributed by atoms with van der Waals surface area (Å²) in [5.41, 5.74) is 2.23. The standard InChI is InChI=1S/C19H27N3O/c1-3-12-22-14-5-11-19(22)10-4-13-21(15-19)18(23)20-17-8-6-16(2)7-9-17/h3,6-9H,1,4-5,10-15H2,2H3,(H,20,23)/t19-/m0/s1. The van der Waals surface area contributed by atoms with E-state index >= 15 is 0 Å². The highest BCUT2D eigenvalue weighted by Crippen LogP contribution is 2.37. The minimum absolute atomic E-state index is 0.0263. The van der Waals surface area contributed by atoms with E-state index in [0.717, 1.165) is 38.3 Å². The van der Waals surface area contributed by atoms with Crippen molar-refractivity contribution >= 4 is 11.7 Å². The minimum atomic E-state index is 0.0263. The Balaban J connectivity index is 1.67. The summed E-state index contributed by atoms with van der Waals surface area (Å²) in [5, 5.41) is 3.04. The molecule has 4 heteroatoms. The zero-order chi connectivity index (χ0) is 16.3. The molecule has 2 aliphatic rings. The molecule has 4 nitrogen and oxygen atoms in total. The number of piperidine rings is 1. The zero-order valence-corrected chi connectivity index (χ0v) is 14.1. The maximum absolute atomic E-state index is 12.6. The molecule has 2 heterocycles. The molecule has 124 valence electrons. The van der Waals surface area contributed by atoms with E-state index in [1.54, 1.807) is 0 Å². The molecule has 2 fully saturated rings. The van der Waals surface area contributed by atoms with Gasteiger partial charge in [0.15, 0.2) is 0 Å². The van der Waals surface area contributed by atoms with Crippen LogP contribution in [0.3, 0.4) is 0 Å². The van der Waals surface area contributed by atoms with Crippen molar-refractivity contribution in [2.75, 3.05) is 31.5 Å². The summed E-state index contributed by atoms with van der Waals surface area (Å²) in [5.74, 6) is 0. The first kappa shape index (κ1) is 16.1. The van der Waals surface area contributed by atoms with E-state index in [4.69, 9.17) is 0 Å². The predicted molar refractivity (Wildman–Crippen MR) is 94.7 cm³/mol. The molecule has 23 heavy (non-hydrogen) atoms. The number of nitrogens with zero attached hydrogens (tertiary/aromatic N) is 2. The van der Waals surface area contributed by atoms with E-state index in [1.807, 2.05) is 42.2 Å². The number of amides is 2. The smallest absolute Gasteiger partial charge is 0.321 e. The van der Waals surface area contributed by atoms with Gasteiger partial charge in [0.25, 0.3) is 0 Å². The van der Waals surface area contributed by atoms with Crippen LogP contribution in [-0.4, -0.2) is 47.5 Å². The highest BCUT2D eigenvalue weighted by molar-refractivity contribution is 5.89. The summed E-state index contributed by atoms with van der Waals surface area (Å²) in [4.78, 5) is 17.1. The largest absolute Gasteiger partial charge is 0.323 e. The number of hydrogen-bond donors (Lipinski definition) is 1. The lowest BCUT2D eigenvalue weighted by atomic mass is 9.86. The van der Waals surface area contributed by atoms with Gasteiger partial charge in [-0.2, -0.15) is 0 Å². The van der Waals surface area contributed by atoms with Gasteiger partial charge >= 0.3 is 6.03 Å². The van der Waals surface area contributed by atoms with Crippen LogP contribution in [0.25, 0.3) is 0 Å². The molecule has 1 aromatic carbocycles. The molecule has 2 aliphatic heterocycles. The molecule has 0 saturated carbocycles. The molecular weight excluding hydrogens is 286 g/mol. The topological polar surface area (TPSA) is 35.6 Å². The molecule has 1 spiro atoms. The Morgan fingerprint density at radius 1 is 1.26 bits per heavy atom. The summed E-state index contributed by atoms with van der Waals surface area (Å²) in [6.07, 6.45) is 6.67. The fourth-order valence-corrected chi connectivity index (χ4v) is 4.02. The molecule has 0 aliphatic carbocycles. The highest BCUT2D eigenvalue weighted by Gasteiger charge is 2.44. The monoisotopic (exact) mass is 313 g/mol. The normalized spacial score (nSPS) is 24.8. The van der Waals surface area contributed by atoms with Gasteiger partial charge in [-0.15, -0.1) is 6.58 Å². The van der Waals surface area contributed by atoms with Gasteiger partial charge in [0.1, 0.15) is 0 Å². The third-order valence-electron chi connectivity index (χ3n) is 5.24. The van der Waals surface area contributed by atoms with Crippen LogP contribution in [0.2, 0.25) is 0 Å². The second-order valence-electron chi connectivity index (χ2n) is 6.88. The van der Waals surface area contributed by atoms with Crippen molar-refractivity contribution in [3.8, 4) is 0 Å². The number of nitrogens with one attached hydrogen (secondary N) is 1. The van der Waals surface area contributed by atoms with Gasteiger partial charge in [0, 0.05) is 30.9 Å². The molecular formula is C19H27N3O. The van der Waals surface area contributed by atoms with Crippen LogP contribution in [0.15, 0.2) is 36.9 Å². The van der Waals surface area contributed by atoms with E-state index in [9.17, 15) is 4.79 Å². The lowest BCUT2D eigenvalue weighted by Crippen LogP contribution is -2.57. The summed E-state index contributed by atoms with van der Waals surface area (Å²) >= 11 is 0. The molecule has 0 unspecified atom stereocenters. The third kappa shape index (κ3) is 3.42. The molecule has 0 aromatic heterocycles. The van der Waals surface area contributed by atoms with E-state index in [-0.39, 0.29) is 11.6 Å². The van der Waals surface area contributed by atoms with Crippen LogP contribution in [0.1, 0.15) is 31.2 Å². The Labute approximate surface area is 139 Å². The Kier molecular flexibility index (Phi) is 4.71. The average molecular weight is 313 g/mol. The number of carbonyl (C=O) groups is 1. The number of carbonyl (C=O) groups excluding carboxylic acids is 1. The van der Waals surface area contributed by atoms with Crippen LogP contribution in [0.4, 0.5) is 10.5 Å². The van der Waals surface area contributed by atoms with E-state index < -0.39 is 0 Å². The second-order valence-corrected chi connectivity index (χ2v) is 6.88. The van der Waals surface area contributed by atoms with E-state index in [1.165, 1.54) is 24.8 Å². The van der Waals surface area contributed by atoms with Gasteiger partial charge in [-0.1, -0.05) is 23.8 Å². The Morgan fingerprint density at radius 3 is 2.65 bits per heavy atom. The van der Waals surface area contributed by atoms with Crippen LogP contribution in [0, 0.1) is 6.92 Å². The molecule has 0 radical (unpaired) electrons. The summed E-state index contributed by atoms with van der Waals surface area (Å²) < 4.78 is 0. The number of likely N-dealkylation sites (tertiary alicyclic amines) is 2. The fraction of sp³-hybridized carbons (Fsp3) is 0.526. The number of benzene rings is 1. The number of hydrogen-bond acceptors (Lipinski definition) is 2. The SMILES string of the molecule is C=CCN1CCC[C@]12CCCN(C(=O)Nc1ccc(C)cc1)C2. The number of aryl methyl sites for hydroxylation is 1. The molecule has 1 atom stereocenters. The number of anilines is 1. The maximum atomic E-state index is 12.6. The first-order valence-electron chi connectivity index (χ1n) is 8.61. The molecule has 1 aromatic rings. The van der Waals surface area contributed by atoms with Crippen molar-refractivity contribution in [2.24, 2.45) is 0 Å². The van der Waals surface area contributed by atoms with Gasteiger partial charge in [-0.05, 0) is 51.3 Å². The van der Waals surface area contributed by atoms with Crippen LogP contribution >= 0.6 is 0 Å². The molecule has 1 N–H and O–H groups in total. The van der Waals surface area contributed by atoms with Crippen molar-refractivity contribution in [1.29, 1.82) is 0 Å². The van der Waals surface area contributed by atoms with E-state index in [2.05, 4.69) is 16.8 Å². The molecule has 2 amide bonds. The molecule has 2 saturated heterocycles. The highest BCUT2D eigenvalue weighted by atomic mass is 16.2. The lowest BCUT2D eigenvalue weighted by molar-refractivity contribution is 0.0670. The van der Waals surface area contributed by atoms with Crippen molar-refractivity contribution in [2.45, 2.75) is 38.1 Å². The van der Waals surface area contributed by atoms with Gasteiger partial charge in [-0.25, -0.2) is 4.79 Å². The van der Waals surface area contributed by atoms with Crippen LogP contribution in [-0.2, 0) is 0 Å². The minimum Gasteiger partial charge on any atom is -0.323 e.